The van der Waals surface area contributed by atoms with Gasteiger partial charge in [0.05, 0.1) is 11.0 Å². The van der Waals surface area contributed by atoms with Gasteiger partial charge in [-0.25, -0.2) is 9.97 Å². The number of ether oxygens (including phenoxy) is 1. The Morgan fingerprint density at radius 2 is 1.74 bits per heavy atom. The Kier molecular flexibility index (Phi) is 5.44. The highest BCUT2D eigenvalue weighted by molar-refractivity contribution is 5.81. The second-order valence-electron chi connectivity index (χ2n) is 7.38. The van der Waals surface area contributed by atoms with Gasteiger partial charge >= 0.3 is 0 Å². The molecule has 2 aromatic carbocycles. The van der Waals surface area contributed by atoms with Crippen molar-refractivity contribution in [3.63, 3.8) is 0 Å². The van der Waals surface area contributed by atoms with Crippen LogP contribution in [0.4, 0.5) is 23.1 Å². The quantitative estimate of drug-likeness (QED) is 0.456. The SMILES string of the molecule is CN(C)c1ccc(Nc2nc3cc(Oc4ccnc(N(C)C=O)c4)ccc3n2C)cc1. The number of aryl methyl sites for hydroxylation is 1. The molecule has 0 spiro atoms. The van der Waals surface area contributed by atoms with Crippen LogP contribution in [0.25, 0.3) is 11.0 Å². The number of hydrogen-bond acceptors (Lipinski definition) is 6. The molecule has 4 rings (SSSR count). The lowest BCUT2D eigenvalue weighted by Crippen LogP contribution is -2.14. The fourth-order valence-electron chi connectivity index (χ4n) is 3.17. The van der Waals surface area contributed by atoms with Gasteiger partial charge in [0, 0.05) is 57.9 Å². The Morgan fingerprint density at radius 1 is 1.00 bits per heavy atom. The maximum Gasteiger partial charge on any atom is 0.215 e. The van der Waals surface area contributed by atoms with Gasteiger partial charge in [0.25, 0.3) is 0 Å². The lowest BCUT2D eigenvalue weighted by Gasteiger charge is -2.13. The monoisotopic (exact) mass is 416 g/mol. The third-order valence-corrected chi connectivity index (χ3v) is 4.96. The predicted molar refractivity (Wildman–Crippen MR) is 124 cm³/mol. The minimum atomic E-state index is 0.512. The van der Waals surface area contributed by atoms with Crippen molar-refractivity contribution in [3.05, 3.63) is 60.8 Å². The minimum absolute atomic E-state index is 0.512. The first-order chi connectivity index (χ1) is 14.9. The van der Waals surface area contributed by atoms with Crippen molar-refractivity contribution in [3.8, 4) is 11.5 Å². The number of pyridine rings is 1. The second kappa shape index (κ2) is 8.35. The van der Waals surface area contributed by atoms with Crippen LogP contribution in [0.15, 0.2) is 60.8 Å². The molecule has 0 unspecified atom stereocenters. The molecule has 0 aliphatic rings. The van der Waals surface area contributed by atoms with Crippen LogP contribution < -0.4 is 19.9 Å². The molecule has 0 aliphatic carbocycles. The number of nitrogens with zero attached hydrogens (tertiary/aromatic N) is 5. The number of fused-ring (bicyclic) bond motifs is 1. The molecule has 0 saturated carbocycles. The molecule has 0 aliphatic heterocycles. The van der Waals surface area contributed by atoms with Gasteiger partial charge < -0.3 is 24.4 Å². The van der Waals surface area contributed by atoms with E-state index in [4.69, 9.17) is 9.72 Å². The molecule has 0 atom stereocenters. The average molecular weight is 416 g/mol. The van der Waals surface area contributed by atoms with Crippen LogP contribution in [0.3, 0.4) is 0 Å². The lowest BCUT2D eigenvalue weighted by atomic mass is 10.2. The molecule has 8 nitrogen and oxygen atoms in total. The largest absolute Gasteiger partial charge is 0.457 e. The lowest BCUT2D eigenvalue weighted by molar-refractivity contribution is -0.107. The first-order valence-electron chi connectivity index (χ1n) is 9.77. The molecule has 0 saturated heterocycles. The Balaban J connectivity index is 1.57. The van der Waals surface area contributed by atoms with E-state index in [0.717, 1.165) is 28.4 Å². The zero-order valence-corrected chi connectivity index (χ0v) is 17.9. The highest BCUT2D eigenvalue weighted by atomic mass is 16.5. The Morgan fingerprint density at radius 3 is 2.45 bits per heavy atom. The summed E-state index contributed by atoms with van der Waals surface area (Å²) in [6, 6.07) is 17.4. The van der Waals surface area contributed by atoms with Crippen LogP contribution in [0.1, 0.15) is 0 Å². The van der Waals surface area contributed by atoms with Gasteiger partial charge in [0.15, 0.2) is 0 Å². The molecule has 8 heteroatoms. The van der Waals surface area contributed by atoms with E-state index in [9.17, 15) is 4.79 Å². The van der Waals surface area contributed by atoms with Crippen molar-refractivity contribution < 1.29 is 9.53 Å². The van der Waals surface area contributed by atoms with Crippen molar-refractivity contribution in [2.24, 2.45) is 7.05 Å². The number of nitrogens with one attached hydrogen (secondary N) is 1. The molecular formula is C23H24N6O2. The Hall–Kier alpha value is -4.07. The molecule has 0 bridgehead atoms. The summed E-state index contributed by atoms with van der Waals surface area (Å²) < 4.78 is 7.97. The molecule has 1 amide bonds. The van der Waals surface area contributed by atoms with E-state index in [0.29, 0.717) is 23.7 Å². The van der Waals surface area contributed by atoms with Gasteiger partial charge in [0.1, 0.15) is 17.3 Å². The minimum Gasteiger partial charge on any atom is -0.457 e. The first kappa shape index (κ1) is 20.2. The number of amides is 1. The molecule has 0 radical (unpaired) electrons. The number of carbonyl (C=O) groups excluding carboxylic acids is 1. The van der Waals surface area contributed by atoms with Crippen molar-refractivity contribution >= 4 is 40.6 Å². The van der Waals surface area contributed by atoms with E-state index in [-0.39, 0.29) is 0 Å². The van der Waals surface area contributed by atoms with Crippen molar-refractivity contribution in [2.75, 3.05) is 36.3 Å². The number of anilines is 4. The molecule has 4 aromatic rings. The van der Waals surface area contributed by atoms with Crippen molar-refractivity contribution in [2.45, 2.75) is 0 Å². The van der Waals surface area contributed by atoms with Gasteiger partial charge in [-0.05, 0) is 42.5 Å². The standard InChI is InChI=1S/C23H24N6O2/c1-27(2)17-7-5-16(6-8-17)25-23-26-20-13-18(9-10-21(20)29(23)4)31-19-11-12-24-22(14-19)28(3)15-30/h5-15H,1-4H3,(H,25,26). The fourth-order valence-corrected chi connectivity index (χ4v) is 3.17. The van der Waals surface area contributed by atoms with Crippen LogP contribution in [0.2, 0.25) is 0 Å². The summed E-state index contributed by atoms with van der Waals surface area (Å²) in [6.45, 7) is 0. The van der Waals surface area contributed by atoms with E-state index in [1.54, 1.807) is 25.4 Å². The van der Waals surface area contributed by atoms with Crippen LogP contribution in [0.5, 0.6) is 11.5 Å². The third-order valence-electron chi connectivity index (χ3n) is 4.96. The maximum absolute atomic E-state index is 11.0. The predicted octanol–water partition coefficient (Wildman–Crippen LogP) is 4.16. The summed E-state index contributed by atoms with van der Waals surface area (Å²) in [5, 5.41) is 3.37. The fraction of sp³-hybridized carbons (Fsp3) is 0.174. The smallest absolute Gasteiger partial charge is 0.215 e. The van der Waals surface area contributed by atoms with E-state index in [1.165, 1.54) is 4.90 Å². The Labute approximate surface area is 180 Å². The normalized spacial score (nSPS) is 10.7. The van der Waals surface area contributed by atoms with Crippen molar-refractivity contribution in [1.82, 2.24) is 14.5 Å². The Bertz CT molecular complexity index is 1220. The molecule has 0 fully saturated rings. The molecule has 2 aromatic heterocycles. The molecular weight excluding hydrogens is 392 g/mol. The van der Waals surface area contributed by atoms with E-state index >= 15 is 0 Å². The third kappa shape index (κ3) is 4.28. The van der Waals surface area contributed by atoms with Crippen molar-refractivity contribution in [1.29, 1.82) is 0 Å². The van der Waals surface area contributed by atoms with Crippen LogP contribution >= 0.6 is 0 Å². The molecule has 2 heterocycles. The second-order valence-corrected chi connectivity index (χ2v) is 7.38. The van der Waals surface area contributed by atoms with Gasteiger partial charge in [-0.3, -0.25) is 4.79 Å². The van der Waals surface area contributed by atoms with Crippen LogP contribution in [-0.2, 0) is 11.8 Å². The van der Waals surface area contributed by atoms with Gasteiger partial charge in [0.2, 0.25) is 12.4 Å². The summed E-state index contributed by atoms with van der Waals surface area (Å²) in [4.78, 5) is 23.3. The highest BCUT2D eigenvalue weighted by Crippen LogP contribution is 2.29. The highest BCUT2D eigenvalue weighted by Gasteiger charge is 2.10. The number of imidazole rings is 1. The zero-order valence-electron chi connectivity index (χ0n) is 17.9. The summed E-state index contributed by atoms with van der Waals surface area (Å²) in [5.74, 6) is 2.49. The topological polar surface area (TPSA) is 75.5 Å². The molecule has 31 heavy (non-hydrogen) atoms. The van der Waals surface area contributed by atoms with E-state index < -0.39 is 0 Å². The molecule has 1 N–H and O–H groups in total. The summed E-state index contributed by atoms with van der Waals surface area (Å²) >= 11 is 0. The van der Waals surface area contributed by atoms with Gasteiger partial charge in [-0.15, -0.1) is 0 Å². The number of aromatic nitrogens is 3. The van der Waals surface area contributed by atoms with Gasteiger partial charge in [-0.2, -0.15) is 0 Å². The van der Waals surface area contributed by atoms with Gasteiger partial charge in [-0.1, -0.05) is 0 Å². The summed E-state index contributed by atoms with van der Waals surface area (Å²) in [6.07, 6.45) is 2.31. The number of carbonyl (C=O) groups is 1. The summed E-state index contributed by atoms with van der Waals surface area (Å²) in [5.41, 5.74) is 3.89. The number of hydrogen-bond donors (Lipinski definition) is 1. The zero-order chi connectivity index (χ0) is 22.0. The maximum atomic E-state index is 11.0. The number of rotatable bonds is 7. The van der Waals surface area contributed by atoms with Crippen LogP contribution in [0, 0.1) is 0 Å². The van der Waals surface area contributed by atoms with Crippen LogP contribution in [-0.4, -0.2) is 42.1 Å². The summed E-state index contributed by atoms with van der Waals surface area (Å²) in [7, 11) is 7.64. The van der Waals surface area contributed by atoms with E-state index in [1.807, 2.05) is 56.0 Å². The molecule has 158 valence electrons. The van der Waals surface area contributed by atoms with E-state index in [2.05, 4.69) is 27.3 Å². The number of benzene rings is 2. The first-order valence-corrected chi connectivity index (χ1v) is 9.77. The average Bonchev–Trinajstić information content (AvgIpc) is 3.08.